The third kappa shape index (κ3) is 3.56. The van der Waals surface area contributed by atoms with Crippen LogP contribution in [0.2, 0.25) is 0 Å². The second kappa shape index (κ2) is 7.26. The highest BCUT2D eigenvalue weighted by Gasteiger charge is 2.40. The van der Waals surface area contributed by atoms with E-state index in [-0.39, 0.29) is 5.75 Å². The van der Waals surface area contributed by atoms with Crippen molar-refractivity contribution in [3.8, 4) is 0 Å². The van der Waals surface area contributed by atoms with Crippen LogP contribution in [-0.4, -0.2) is 31.1 Å². The van der Waals surface area contributed by atoms with E-state index >= 15 is 0 Å². The van der Waals surface area contributed by atoms with Crippen molar-refractivity contribution < 1.29 is 8.42 Å². The first-order chi connectivity index (χ1) is 9.60. The van der Waals surface area contributed by atoms with E-state index < -0.39 is 10.0 Å². The molecule has 3 atom stereocenters. The van der Waals surface area contributed by atoms with E-state index in [4.69, 9.17) is 0 Å². The standard InChI is InChI=1S/C16H31NO2S/c1-3-5-13-17(20(18,19)4-2)16-12-8-10-14-9-6-7-11-15(14)16/h14-16H,3-13H2,1-2H3. The Labute approximate surface area is 125 Å². The summed E-state index contributed by atoms with van der Waals surface area (Å²) in [5.74, 6) is 1.68. The lowest BCUT2D eigenvalue weighted by molar-refractivity contribution is 0.0834. The van der Waals surface area contributed by atoms with Gasteiger partial charge in [0.05, 0.1) is 5.75 Å². The summed E-state index contributed by atoms with van der Waals surface area (Å²) in [6, 6.07) is 0.297. The Morgan fingerprint density at radius 3 is 2.40 bits per heavy atom. The average molecular weight is 301 g/mol. The lowest BCUT2D eigenvalue weighted by Crippen LogP contribution is -2.50. The number of fused-ring (bicyclic) bond motifs is 1. The van der Waals surface area contributed by atoms with E-state index in [0.29, 0.717) is 12.0 Å². The summed E-state index contributed by atoms with van der Waals surface area (Å²) in [7, 11) is -3.05. The Morgan fingerprint density at radius 1 is 1.00 bits per heavy atom. The van der Waals surface area contributed by atoms with Gasteiger partial charge in [-0.15, -0.1) is 0 Å². The molecule has 2 rings (SSSR count). The summed E-state index contributed by atoms with van der Waals surface area (Å²) in [6.07, 6.45) is 10.9. The summed E-state index contributed by atoms with van der Waals surface area (Å²) in [5, 5.41) is 0. The molecule has 0 aromatic rings. The van der Waals surface area contributed by atoms with Gasteiger partial charge in [-0.1, -0.05) is 45.4 Å². The van der Waals surface area contributed by atoms with E-state index in [0.717, 1.165) is 31.7 Å². The quantitative estimate of drug-likeness (QED) is 0.748. The molecule has 118 valence electrons. The molecular formula is C16H31NO2S. The van der Waals surface area contributed by atoms with Gasteiger partial charge >= 0.3 is 0 Å². The predicted octanol–water partition coefficient (Wildman–Crippen LogP) is 3.80. The van der Waals surface area contributed by atoms with Crippen molar-refractivity contribution in [1.29, 1.82) is 0 Å². The van der Waals surface area contributed by atoms with Gasteiger partial charge in [0.25, 0.3) is 0 Å². The van der Waals surface area contributed by atoms with E-state index in [1.165, 1.54) is 38.5 Å². The maximum absolute atomic E-state index is 12.5. The van der Waals surface area contributed by atoms with Crippen molar-refractivity contribution in [1.82, 2.24) is 4.31 Å². The number of nitrogens with zero attached hydrogens (tertiary/aromatic N) is 1. The zero-order valence-corrected chi connectivity index (χ0v) is 14.0. The number of rotatable bonds is 6. The van der Waals surface area contributed by atoms with Gasteiger partial charge in [0, 0.05) is 12.6 Å². The molecule has 0 bridgehead atoms. The fourth-order valence-electron chi connectivity index (χ4n) is 4.25. The molecule has 0 aromatic carbocycles. The second-order valence-corrected chi connectivity index (χ2v) is 8.78. The number of hydrogen-bond acceptors (Lipinski definition) is 2. The van der Waals surface area contributed by atoms with Crippen LogP contribution >= 0.6 is 0 Å². The minimum absolute atomic E-state index is 0.255. The fourth-order valence-corrected chi connectivity index (χ4v) is 5.67. The van der Waals surface area contributed by atoms with Gasteiger partial charge in [-0.2, -0.15) is 4.31 Å². The monoisotopic (exact) mass is 301 g/mol. The third-order valence-corrected chi connectivity index (χ3v) is 7.26. The molecule has 0 saturated heterocycles. The summed E-state index contributed by atoms with van der Waals surface area (Å²) >= 11 is 0. The zero-order chi connectivity index (χ0) is 14.6. The topological polar surface area (TPSA) is 37.4 Å². The Hall–Kier alpha value is -0.0900. The lowest BCUT2D eigenvalue weighted by Gasteiger charge is -2.45. The minimum Gasteiger partial charge on any atom is -0.212 e. The van der Waals surface area contributed by atoms with Crippen LogP contribution in [0.25, 0.3) is 0 Å². The first kappa shape index (κ1) is 16.3. The number of sulfonamides is 1. The van der Waals surface area contributed by atoms with E-state index in [1.807, 2.05) is 4.31 Å². The highest BCUT2D eigenvalue weighted by Crippen LogP contribution is 2.43. The maximum atomic E-state index is 12.5. The zero-order valence-electron chi connectivity index (χ0n) is 13.2. The average Bonchev–Trinajstić information content (AvgIpc) is 2.47. The molecule has 3 unspecified atom stereocenters. The van der Waals surface area contributed by atoms with E-state index in [9.17, 15) is 8.42 Å². The van der Waals surface area contributed by atoms with Gasteiger partial charge in [0.15, 0.2) is 0 Å². The molecule has 4 heteroatoms. The molecule has 2 aliphatic rings. The van der Waals surface area contributed by atoms with Gasteiger partial charge in [-0.3, -0.25) is 0 Å². The molecular weight excluding hydrogens is 270 g/mol. The molecule has 0 radical (unpaired) electrons. The van der Waals surface area contributed by atoms with Crippen LogP contribution in [-0.2, 0) is 10.0 Å². The van der Waals surface area contributed by atoms with Gasteiger partial charge in [-0.25, -0.2) is 8.42 Å². The van der Waals surface area contributed by atoms with Crippen LogP contribution in [0, 0.1) is 11.8 Å². The van der Waals surface area contributed by atoms with Gasteiger partial charge in [0.1, 0.15) is 0 Å². The Kier molecular flexibility index (Phi) is 5.91. The normalized spacial score (nSPS) is 31.2. The molecule has 20 heavy (non-hydrogen) atoms. The molecule has 0 spiro atoms. The minimum atomic E-state index is -3.05. The molecule has 2 fully saturated rings. The molecule has 2 aliphatic carbocycles. The highest BCUT2D eigenvalue weighted by molar-refractivity contribution is 7.89. The molecule has 0 amide bonds. The number of hydrogen-bond donors (Lipinski definition) is 0. The summed E-state index contributed by atoms with van der Waals surface area (Å²) < 4.78 is 26.9. The highest BCUT2D eigenvalue weighted by atomic mass is 32.2. The molecule has 3 nitrogen and oxygen atoms in total. The van der Waals surface area contributed by atoms with Crippen LogP contribution < -0.4 is 0 Å². The van der Waals surface area contributed by atoms with Gasteiger partial charge < -0.3 is 0 Å². The Bertz CT molecular complexity index is 391. The Morgan fingerprint density at radius 2 is 1.70 bits per heavy atom. The lowest BCUT2D eigenvalue weighted by atomic mass is 9.68. The van der Waals surface area contributed by atoms with Gasteiger partial charge in [-0.05, 0) is 38.0 Å². The van der Waals surface area contributed by atoms with Crippen molar-refractivity contribution in [2.75, 3.05) is 12.3 Å². The van der Waals surface area contributed by atoms with Crippen molar-refractivity contribution in [3.63, 3.8) is 0 Å². The summed E-state index contributed by atoms with van der Waals surface area (Å²) in [6.45, 7) is 4.66. The van der Waals surface area contributed by atoms with E-state index in [1.54, 1.807) is 6.92 Å². The van der Waals surface area contributed by atoms with Crippen LogP contribution in [0.5, 0.6) is 0 Å². The Balaban J connectivity index is 2.17. The SMILES string of the molecule is CCCCN(C1CCCC2CCCCC21)S(=O)(=O)CC. The van der Waals surface area contributed by atoms with Gasteiger partial charge in [0.2, 0.25) is 10.0 Å². The first-order valence-corrected chi connectivity index (χ1v) is 10.2. The molecule has 0 N–H and O–H groups in total. The van der Waals surface area contributed by atoms with E-state index in [2.05, 4.69) is 6.92 Å². The molecule has 0 heterocycles. The van der Waals surface area contributed by atoms with Crippen molar-refractivity contribution in [2.24, 2.45) is 11.8 Å². The van der Waals surface area contributed by atoms with Crippen molar-refractivity contribution in [2.45, 2.75) is 77.7 Å². The third-order valence-electron chi connectivity index (χ3n) is 5.36. The molecule has 0 aromatic heterocycles. The predicted molar refractivity (Wildman–Crippen MR) is 84.2 cm³/mol. The molecule has 0 aliphatic heterocycles. The smallest absolute Gasteiger partial charge is 0.212 e. The van der Waals surface area contributed by atoms with Crippen LogP contribution in [0.3, 0.4) is 0 Å². The van der Waals surface area contributed by atoms with Crippen molar-refractivity contribution >= 4 is 10.0 Å². The first-order valence-electron chi connectivity index (χ1n) is 8.59. The molecule has 2 saturated carbocycles. The van der Waals surface area contributed by atoms with Crippen LogP contribution in [0.15, 0.2) is 0 Å². The fraction of sp³-hybridized carbons (Fsp3) is 1.00. The van der Waals surface area contributed by atoms with Crippen molar-refractivity contribution in [3.05, 3.63) is 0 Å². The summed E-state index contributed by atoms with van der Waals surface area (Å²) in [4.78, 5) is 0. The van der Waals surface area contributed by atoms with Crippen LogP contribution in [0.1, 0.15) is 71.6 Å². The second-order valence-electron chi connectivity index (χ2n) is 6.57. The maximum Gasteiger partial charge on any atom is 0.214 e. The largest absolute Gasteiger partial charge is 0.214 e. The van der Waals surface area contributed by atoms with Crippen LogP contribution in [0.4, 0.5) is 0 Å². The summed E-state index contributed by atoms with van der Waals surface area (Å²) in [5.41, 5.74) is 0. The number of unbranched alkanes of at least 4 members (excludes halogenated alkanes) is 1.